The zero-order valence-electron chi connectivity index (χ0n) is 13.0. The van der Waals surface area contributed by atoms with Crippen LogP contribution in [0.3, 0.4) is 0 Å². The fourth-order valence-corrected chi connectivity index (χ4v) is 2.35. The van der Waals surface area contributed by atoms with E-state index in [1.807, 2.05) is 24.3 Å². The van der Waals surface area contributed by atoms with Crippen molar-refractivity contribution in [3.63, 3.8) is 0 Å². The van der Waals surface area contributed by atoms with Crippen molar-refractivity contribution in [1.29, 1.82) is 0 Å². The van der Waals surface area contributed by atoms with Gasteiger partial charge in [-0.1, -0.05) is 18.2 Å². The number of rotatable bonds is 2. The van der Waals surface area contributed by atoms with Gasteiger partial charge in [-0.15, -0.1) is 0 Å². The highest BCUT2D eigenvalue weighted by molar-refractivity contribution is 6.00. The van der Waals surface area contributed by atoms with E-state index in [-0.39, 0.29) is 5.91 Å². The number of hydrogen-bond donors (Lipinski definition) is 1. The van der Waals surface area contributed by atoms with Gasteiger partial charge in [0.15, 0.2) is 0 Å². The van der Waals surface area contributed by atoms with Crippen molar-refractivity contribution in [3.8, 4) is 0 Å². The van der Waals surface area contributed by atoms with Gasteiger partial charge in [0.2, 0.25) is 5.91 Å². The lowest BCUT2D eigenvalue weighted by atomic mass is 10.2. The van der Waals surface area contributed by atoms with E-state index in [1.54, 1.807) is 32.6 Å². The normalized spacial score (nSPS) is 15.3. The fourth-order valence-electron chi connectivity index (χ4n) is 2.35. The summed E-state index contributed by atoms with van der Waals surface area (Å²) in [6.45, 7) is 7.69. The summed E-state index contributed by atoms with van der Waals surface area (Å²) < 4.78 is 5.17. The molecule has 2 rings (SSSR count). The van der Waals surface area contributed by atoms with Gasteiger partial charge in [-0.2, -0.15) is 0 Å². The van der Waals surface area contributed by atoms with Gasteiger partial charge in [-0.25, -0.2) is 4.79 Å². The largest absolute Gasteiger partial charge is 0.444 e. The second-order valence-corrected chi connectivity index (χ2v) is 6.24. The van der Waals surface area contributed by atoms with E-state index >= 15 is 0 Å². The van der Waals surface area contributed by atoms with Gasteiger partial charge in [0, 0.05) is 12.2 Å². The van der Waals surface area contributed by atoms with Crippen LogP contribution in [0.15, 0.2) is 24.3 Å². The Morgan fingerprint density at radius 3 is 2.62 bits per heavy atom. The monoisotopic (exact) mass is 290 g/mol. The molecule has 2 amide bonds. The predicted molar refractivity (Wildman–Crippen MR) is 81.3 cm³/mol. The van der Waals surface area contributed by atoms with Crippen LogP contribution in [0, 0.1) is 0 Å². The van der Waals surface area contributed by atoms with E-state index in [0.717, 1.165) is 17.7 Å². The minimum atomic E-state index is -0.619. The number of amides is 2. The number of carbonyl (C=O) groups excluding carboxylic acids is 2. The zero-order chi connectivity index (χ0) is 15.6. The number of anilines is 1. The molecular weight excluding hydrogens is 268 g/mol. The molecule has 5 nitrogen and oxygen atoms in total. The lowest BCUT2D eigenvalue weighted by Gasteiger charge is -2.24. The molecule has 0 saturated carbocycles. The molecule has 0 saturated heterocycles. The van der Waals surface area contributed by atoms with Crippen molar-refractivity contribution < 1.29 is 14.3 Å². The van der Waals surface area contributed by atoms with E-state index in [2.05, 4.69) is 5.32 Å². The van der Waals surface area contributed by atoms with Gasteiger partial charge in [0.25, 0.3) is 0 Å². The summed E-state index contributed by atoms with van der Waals surface area (Å²) in [5.41, 5.74) is 1.52. The van der Waals surface area contributed by atoms with E-state index in [9.17, 15) is 9.59 Å². The van der Waals surface area contributed by atoms with Crippen molar-refractivity contribution in [3.05, 3.63) is 29.8 Å². The highest BCUT2D eigenvalue weighted by atomic mass is 16.6. The minimum absolute atomic E-state index is 0.120. The molecule has 114 valence electrons. The Bertz CT molecular complexity index is 549. The first kappa shape index (κ1) is 15.4. The molecule has 1 unspecified atom stereocenters. The Balaban J connectivity index is 1.99. The Labute approximate surface area is 125 Å². The van der Waals surface area contributed by atoms with Gasteiger partial charge in [-0.05, 0) is 45.7 Å². The first-order chi connectivity index (χ1) is 9.78. The second-order valence-electron chi connectivity index (χ2n) is 6.24. The molecule has 5 heteroatoms. The van der Waals surface area contributed by atoms with E-state index < -0.39 is 17.7 Å². The van der Waals surface area contributed by atoms with Gasteiger partial charge < -0.3 is 15.0 Å². The van der Waals surface area contributed by atoms with Crippen LogP contribution in [0.1, 0.15) is 33.3 Å². The lowest BCUT2D eigenvalue weighted by Crippen LogP contribution is -2.47. The third-order valence-electron chi connectivity index (χ3n) is 3.26. The van der Waals surface area contributed by atoms with Crippen LogP contribution < -0.4 is 10.2 Å². The summed E-state index contributed by atoms with van der Waals surface area (Å²) in [6, 6.07) is 7.21. The first-order valence-corrected chi connectivity index (χ1v) is 7.17. The van der Waals surface area contributed by atoms with E-state index in [1.165, 1.54) is 0 Å². The predicted octanol–water partition coefficient (Wildman–Crippen LogP) is 2.49. The zero-order valence-corrected chi connectivity index (χ0v) is 13.0. The van der Waals surface area contributed by atoms with Crippen molar-refractivity contribution in [2.45, 2.75) is 45.8 Å². The Hall–Kier alpha value is -2.04. The molecule has 0 bridgehead atoms. The Morgan fingerprint density at radius 2 is 1.95 bits per heavy atom. The van der Waals surface area contributed by atoms with Crippen LogP contribution in [0.4, 0.5) is 10.5 Å². The average Bonchev–Trinajstić information content (AvgIpc) is 2.79. The van der Waals surface area contributed by atoms with Crippen molar-refractivity contribution in [2.24, 2.45) is 0 Å². The van der Waals surface area contributed by atoms with Crippen LogP contribution in [0.2, 0.25) is 0 Å². The number of benzene rings is 1. The van der Waals surface area contributed by atoms with Crippen LogP contribution in [0.5, 0.6) is 0 Å². The van der Waals surface area contributed by atoms with Crippen molar-refractivity contribution >= 4 is 17.7 Å². The fraction of sp³-hybridized carbons (Fsp3) is 0.500. The second kappa shape index (κ2) is 5.76. The maximum absolute atomic E-state index is 12.5. The Kier molecular flexibility index (Phi) is 4.21. The number of fused-ring (bicyclic) bond motifs is 1. The molecule has 0 aliphatic carbocycles. The SMILES string of the molecule is CC(NC(=O)OC(C)(C)C)C(=O)N1CCc2ccccc21. The summed E-state index contributed by atoms with van der Waals surface area (Å²) in [7, 11) is 0. The third-order valence-corrected chi connectivity index (χ3v) is 3.26. The third kappa shape index (κ3) is 3.74. The Morgan fingerprint density at radius 1 is 1.29 bits per heavy atom. The average molecular weight is 290 g/mol. The number of nitrogens with zero attached hydrogens (tertiary/aromatic N) is 1. The molecule has 1 aliphatic heterocycles. The summed E-state index contributed by atoms with van der Waals surface area (Å²) in [6.07, 6.45) is 0.275. The topological polar surface area (TPSA) is 58.6 Å². The molecule has 1 aromatic rings. The van der Waals surface area contributed by atoms with Crippen molar-refractivity contribution in [2.75, 3.05) is 11.4 Å². The molecular formula is C16H22N2O3. The van der Waals surface area contributed by atoms with Crippen LogP contribution in [0.25, 0.3) is 0 Å². The number of alkyl carbamates (subject to hydrolysis) is 1. The van der Waals surface area contributed by atoms with Gasteiger partial charge in [0.1, 0.15) is 11.6 Å². The lowest BCUT2D eigenvalue weighted by molar-refractivity contribution is -0.120. The van der Waals surface area contributed by atoms with Crippen LogP contribution in [-0.2, 0) is 16.0 Å². The number of carbonyl (C=O) groups is 2. The van der Waals surface area contributed by atoms with Crippen LogP contribution in [-0.4, -0.2) is 30.2 Å². The van der Waals surface area contributed by atoms with Gasteiger partial charge in [0.05, 0.1) is 0 Å². The summed E-state index contributed by atoms with van der Waals surface area (Å²) in [4.78, 5) is 25.9. The molecule has 1 aliphatic rings. The molecule has 0 fully saturated rings. The number of nitrogens with one attached hydrogen (secondary N) is 1. The summed E-state index contributed by atoms with van der Waals surface area (Å²) in [5, 5.41) is 2.59. The summed E-state index contributed by atoms with van der Waals surface area (Å²) >= 11 is 0. The standard InChI is InChI=1S/C16H22N2O3/c1-11(17-15(20)21-16(2,3)4)14(19)18-10-9-12-7-5-6-8-13(12)18/h5-8,11H,9-10H2,1-4H3,(H,17,20). The minimum Gasteiger partial charge on any atom is -0.444 e. The first-order valence-electron chi connectivity index (χ1n) is 7.17. The molecule has 0 aromatic heterocycles. The number of para-hydroxylation sites is 1. The molecule has 1 heterocycles. The van der Waals surface area contributed by atoms with Crippen molar-refractivity contribution in [1.82, 2.24) is 5.32 Å². The van der Waals surface area contributed by atoms with E-state index in [0.29, 0.717) is 6.54 Å². The van der Waals surface area contributed by atoms with Crippen LogP contribution >= 0.6 is 0 Å². The number of hydrogen-bond acceptors (Lipinski definition) is 3. The smallest absolute Gasteiger partial charge is 0.408 e. The molecule has 0 radical (unpaired) electrons. The molecule has 1 atom stereocenters. The van der Waals surface area contributed by atoms with Gasteiger partial charge >= 0.3 is 6.09 Å². The van der Waals surface area contributed by atoms with E-state index in [4.69, 9.17) is 4.74 Å². The number of ether oxygens (including phenoxy) is 1. The summed E-state index contributed by atoms with van der Waals surface area (Å²) in [5.74, 6) is -0.120. The molecule has 21 heavy (non-hydrogen) atoms. The molecule has 1 N–H and O–H groups in total. The highest BCUT2D eigenvalue weighted by Gasteiger charge is 2.29. The highest BCUT2D eigenvalue weighted by Crippen LogP contribution is 2.27. The quantitative estimate of drug-likeness (QED) is 0.910. The molecule has 0 spiro atoms. The maximum Gasteiger partial charge on any atom is 0.408 e. The van der Waals surface area contributed by atoms with Gasteiger partial charge in [-0.3, -0.25) is 4.79 Å². The molecule has 1 aromatic carbocycles. The maximum atomic E-state index is 12.5.